The summed E-state index contributed by atoms with van der Waals surface area (Å²) in [5, 5.41) is 0. The highest BCUT2D eigenvalue weighted by Gasteiger charge is 1.91. The van der Waals surface area contributed by atoms with Gasteiger partial charge in [-0.2, -0.15) is 0 Å². The molecule has 0 fully saturated rings. The fourth-order valence-corrected chi connectivity index (χ4v) is 0.700. The molecule has 0 saturated carbocycles. The highest BCUT2D eigenvalue weighted by Crippen LogP contribution is 1.94. The SMILES string of the molecule is C=Cn1cncc1/C=N\C. The van der Waals surface area contributed by atoms with Crippen molar-refractivity contribution in [3.05, 3.63) is 24.8 Å². The number of imidazole rings is 1. The molecule has 1 aromatic heterocycles. The summed E-state index contributed by atoms with van der Waals surface area (Å²) in [7, 11) is 1.72. The fourth-order valence-electron chi connectivity index (χ4n) is 0.700. The number of hydrogen-bond acceptors (Lipinski definition) is 2. The van der Waals surface area contributed by atoms with Crippen LogP contribution in [0, 0.1) is 0 Å². The number of aromatic nitrogens is 2. The third-order valence-corrected chi connectivity index (χ3v) is 1.15. The highest BCUT2D eigenvalue weighted by atomic mass is 15.0. The predicted molar refractivity (Wildman–Crippen MR) is 42.1 cm³/mol. The van der Waals surface area contributed by atoms with Crippen molar-refractivity contribution in [1.82, 2.24) is 9.55 Å². The average molecular weight is 135 g/mol. The Balaban J connectivity index is 3.00. The van der Waals surface area contributed by atoms with Crippen molar-refractivity contribution in [3.63, 3.8) is 0 Å². The van der Waals surface area contributed by atoms with Crippen LogP contribution in [0.1, 0.15) is 5.69 Å². The molecule has 0 amide bonds. The van der Waals surface area contributed by atoms with Crippen molar-refractivity contribution < 1.29 is 0 Å². The molecule has 0 bridgehead atoms. The Kier molecular flexibility index (Phi) is 1.99. The Labute approximate surface area is 59.7 Å². The number of aliphatic imine (C=N–C) groups is 1. The lowest BCUT2D eigenvalue weighted by Gasteiger charge is -1.91. The van der Waals surface area contributed by atoms with Gasteiger partial charge in [0.25, 0.3) is 0 Å². The van der Waals surface area contributed by atoms with Crippen molar-refractivity contribution in [2.75, 3.05) is 7.05 Å². The van der Waals surface area contributed by atoms with Gasteiger partial charge in [0.05, 0.1) is 18.2 Å². The van der Waals surface area contributed by atoms with E-state index in [0.29, 0.717) is 0 Å². The van der Waals surface area contributed by atoms with E-state index in [0.717, 1.165) is 5.69 Å². The summed E-state index contributed by atoms with van der Waals surface area (Å²) >= 11 is 0. The third-order valence-electron chi connectivity index (χ3n) is 1.15. The minimum Gasteiger partial charge on any atom is -0.305 e. The van der Waals surface area contributed by atoms with Gasteiger partial charge in [0, 0.05) is 19.5 Å². The van der Waals surface area contributed by atoms with Gasteiger partial charge in [-0.25, -0.2) is 4.98 Å². The maximum Gasteiger partial charge on any atom is 0.0992 e. The van der Waals surface area contributed by atoms with Gasteiger partial charge >= 0.3 is 0 Å². The van der Waals surface area contributed by atoms with Crippen molar-refractivity contribution in [3.8, 4) is 0 Å². The van der Waals surface area contributed by atoms with E-state index in [9.17, 15) is 0 Å². The largest absolute Gasteiger partial charge is 0.305 e. The summed E-state index contributed by atoms with van der Waals surface area (Å²) in [4.78, 5) is 7.77. The van der Waals surface area contributed by atoms with Gasteiger partial charge in [-0.3, -0.25) is 4.99 Å². The van der Waals surface area contributed by atoms with Gasteiger partial charge in [-0.15, -0.1) is 0 Å². The van der Waals surface area contributed by atoms with Gasteiger partial charge in [0.2, 0.25) is 0 Å². The van der Waals surface area contributed by atoms with Gasteiger partial charge in [-0.05, 0) is 0 Å². The van der Waals surface area contributed by atoms with Crippen molar-refractivity contribution in [1.29, 1.82) is 0 Å². The summed E-state index contributed by atoms with van der Waals surface area (Å²) < 4.78 is 1.80. The Morgan fingerprint density at radius 2 is 2.60 bits per heavy atom. The molecule has 3 heteroatoms. The van der Waals surface area contributed by atoms with E-state index in [4.69, 9.17) is 0 Å². The first-order valence-electron chi connectivity index (χ1n) is 2.95. The molecule has 0 saturated heterocycles. The first-order valence-corrected chi connectivity index (χ1v) is 2.95. The van der Waals surface area contributed by atoms with Crippen LogP contribution in [0.5, 0.6) is 0 Å². The van der Waals surface area contributed by atoms with E-state index in [2.05, 4.69) is 16.6 Å². The maximum atomic E-state index is 3.91. The van der Waals surface area contributed by atoms with Gasteiger partial charge < -0.3 is 4.57 Å². The zero-order valence-corrected chi connectivity index (χ0v) is 5.86. The molecule has 0 spiro atoms. The highest BCUT2D eigenvalue weighted by molar-refractivity contribution is 5.77. The van der Waals surface area contributed by atoms with Gasteiger partial charge in [-0.1, -0.05) is 6.58 Å². The molecule has 0 N–H and O–H groups in total. The summed E-state index contributed by atoms with van der Waals surface area (Å²) in [6, 6.07) is 0. The van der Waals surface area contributed by atoms with Crippen LogP contribution in [0.15, 0.2) is 24.1 Å². The van der Waals surface area contributed by atoms with Crippen LogP contribution in [0.2, 0.25) is 0 Å². The number of nitrogens with zero attached hydrogens (tertiary/aromatic N) is 3. The molecule has 1 rings (SSSR count). The monoisotopic (exact) mass is 135 g/mol. The first kappa shape index (κ1) is 6.74. The second-order valence-corrected chi connectivity index (χ2v) is 1.80. The smallest absolute Gasteiger partial charge is 0.0992 e. The number of rotatable bonds is 2. The third kappa shape index (κ3) is 1.13. The van der Waals surface area contributed by atoms with Crippen LogP contribution in [0.3, 0.4) is 0 Å². The fraction of sp³-hybridized carbons (Fsp3) is 0.143. The minimum atomic E-state index is 0.942. The molecule has 1 heterocycles. The standard InChI is InChI=1S/C7H9N3/c1-3-10-6-9-5-7(10)4-8-2/h3-6H,1H2,2H3/b8-4-. The zero-order valence-electron chi connectivity index (χ0n) is 5.86. The Morgan fingerprint density at radius 1 is 1.80 bits per heavy atom. The van der Waals surface area contributed by atoms with Crippen LogP contribution in [-0.2, 0) is 0 Å². The van der Waals surface area contributed by atoms with Crippen molar-refractivity contribution >= 4 is 12.4 Å². The molecule has 0 radical (unpaired) electrons. The topological polar surface area (TPSA) is 30.2 Å². The Hall–Kier alpha value is -1.38. The molecule has 0 aliphatic heterocycles. The van der Waals surface area contributed by atoms with Crippen LogP contribution in [0.4, 0.5) is 0 Å². The van der Waals surface area contributed by atoms with E-state index in [1.807, 2.05) is 0 Å². The van der Waals surface area contributed by atoms with E-state index in [1.165, 1.54) is 0 Å². The second-order valence-electron chi connectivity index (χ2n) is 1.80. The molecular formula is C7H9N3. The molecule has 52 valence electrons. The summed E-state index contributed by atoms with van der Waals surface area (Å²) in [6.45, 7) is 3.61. The lowest BCUT2D eigenvalue weighted by molar-refractivity contribution is 1.13. The number of hydrogen-bond donors (Lipinski definition) is 0. The van der Waals surface area contributed by atoms with E-state index in [1.54, 1.807) is 36.6 Å². The lowest BCUT2D eigenvalue weighted by Crippen LogP contribution is -1.89. The normalized spacial score (nSPS) is 10.5. The lowest BCUT2D eigenvalue weighted by atomic mass is 10.5. The summed E-state index contributed by atoms with van der Waals surface area (Å²) in [5.74, 6) is 0. The van der Waals surface area contributed by atoms with E-state index >= 15 is 0 Å². The average Bonchev–Trinajstić information content (AvgIpc) is 2.36. The second kappa shape index (κ2) is 2.96. The molecule has 0 aliphatic rings. The van der Waals surface area contributed by atoms with Crippen LogP contribution in [0.25, 0.3) is 6.20 Å². The molecule has 3 nitrogen and oxygen atoms in total. The van der Waals surface area contributed by atoms with Crippen molar-refractivity contribution in [2.45, 2.75) is 0 Å². The molecule has 0 atom stereocenters. The quantitative estimate of drug-likeness (QED) is 0.557. The zero-order chi connectivity index (χ0) is 7.40. The Morgan fingerprint density at radius 3 is 3.20 bits per heavy atom. The molecule has 10 heavy (non-hydrogen) atoms. The van der Waals surface area contributed by atoms with Gasteiger partial charge in [0.15, 0.2) is 0 Å². The summed E-state index contributed by atoms with van der Waals surface area (Å²) in [6.07, 6.45) is 6.83. The molecule has 0 aromatic carbocycles. The molecular weight excluding hydrogens is 126 g/mol. The molecule has 0 aliphatic carbocycles. The maximum absolute atomic E-state index is 3.91. The van der Waals surface area contributed by atoms with Gasteiger partial charge in [0.1, 0.15) is 0 Å². The predicted octanol–water partition coefficient (Wildman–Crippen LogP) is 1.03. The van der Waals surface area contributed by atoms with Crippen molar-refractivity contribution in [2.24, 2.45) is 4.99 Å². The van der Waals surface area contributed by atoms with E-state index < -0.39 is 0 Å². The van der Waals surface area contributed by atoms with Crippen LogP contribution < -0.4 is 0 Å². The van der Waals surface area contributed by atoms with E-state index in [-0.39, 0.29) is 0 Å². The first-order chi connectivity index (χ1) is 4.88. The minimum absolute atomic E-state index is 0.942. The van der Waals surface area contributed by atoms with Crippen LogP contribution in [-0.4, -0.2) is 22.8 Å². The molecule has 0 unspecified atom stereocenters. The van der Waals surface area contributed by atoms with Crippen LogP contribution >= 0.6 is 0 Å². The Bertz CT molecular complexity index is 247. The molecule has 1 aromatic rings. The summed E-state index contributed by atoms with van der Waals surface area (Å²) in [5.41, 5.74) is 0.942.